The number of carbonyl (C=O) groups is 1. The number of benzene rings is 2. The van der Waals surface area contributed by atoms with Crippen molar-refractivity contribution in [3.05, 3.63) is 53.6 Å². The highest BCUT2D eigenvalue weighted by Gasteiger charge is 2.21. The Morgan fingerprint density at radius 1 is 1.28 bits per heavy atom. The minimum atomic E-state index is -3.73. The van der Waals surface area contributed by atoms with E-state index >= 15 is 0 Å². The Balaban J connectivity index is 1.49. The van der Waals surface area contributed by atoms with Crippen LogP contribution in [0.5, 0.6) is 0 Å². The van der Waals surface area contributed by atoms with E-state index in [9.17, 15) is 13.2 Å². The molecule has 2 N–H and O–H groups in total. The molecule has 0 saturated carbocycles. The molecule has 3 aromatic rings. The molecule has 2 aromatic carbocycles. The topological polar surface area (TPSA) is 97.4 Å². The van der Waals surface area contributed by atoms with Gasteiger partial charge >= 0.3 is 0 Å². The van der Waals surface area contributed by atoms with Crippen LogP contribution in [-0.4, -0.2) is 38.6 Å². The second kappa shape index (κ2) is 8.19. The fourth-order valence-corrected chi connectivity index (χ4v) is 5.26. The zero-order valence-electron chi connectivity index (χ0n) is 15.8. The molecular formula is C20H21N3O4S2. The smallest absolute Gasteiger partial charge is 0.257 e. The van der Waals surface area contributed by atoms with Crippen molar-refractivity contribution in [3.8, 4) is 0 Å². The second-order valence-corrected chi connectivity index (χ2v) is 9.71. The molecule has 4 rings (SSSR count). The molecule has 0 radical (unpaired) electrons. The molecule has 1 aliphatic rings. The van der Waals surface area contributed by atoms with Crippen LogP contribution in [0.25, 0.3) is 10.2 Å². The zero-order chi connectivity index (χ0) is 20.4. The lowest BCUT2D eigenvalue weighted by Gasteiger charge is -2.12. The number of thiazole rings is 1. The van der Waals surface area contributed by atoms with Crippen molar-refractivity contribution < 1.29 is 17.9 Å². The van der Waals surface area contributed by atoms with Gasteiger partial charge in [0.2, 0.25) is 10.0 Å². The predicted octanol–water partition coefficient (Wildman–Crippen LogP) is 3.31. The van der Waals surface area contributed by atoms with Crippen LogP contribution in [0.4, 0.5) is 5.13 Å². The standard InChI is InChI=1S/C20H21N3O4S2/c1-13-5-2-9-17-18(13)22-20(28-17)23-19(24)14-6-3-8-16(11-14)29(25,26)21-12-15-7-4-10-27-15/h2-3,5-6,8-9,11,15,21H,4,7,10,12H2,1H3,(H,22,23,24). The molecule has 0 bridgehead atoms. The highest BCUT2D eigenvalue weighted by atomic mass is 32.2. The number of fused-ring (bicyclic) bond motifs is 1. The number of aryl methyl sites for hydroxylation is 1. The molecule has 29 heavy (non-hydrogen) atoms. The number of para-hydroxylation sites is 1. The van der Waals surface area contributed by atoms with Crippen LogP contribution in [0.15, 0.2) is 47.4 Å². The van der Waals surface area contributed by atoms with Gasteiger partial charge in [-0.05, 0) is 49.6 Å². The number of rotatable bonds is 6. The summed E-state index contributed by atoms with van der Waals surface area (Å²) in [7, 11) is -3.73. The van der Waals surface area contributed by atoms with Crippen molar-refractivity contribution in [2.75, 3.05) is 18.5 Å². The van der Waals surface area contributed by atoms with Crippen molar-refractivity contribution in [1.29, 1.82) is 0 Å². The van der Waals surface area contributed by atoms with Crippen LogP contribution in [-0.2, 0) is 14.8 Å². The Hall–Kier alpha value is -2.33. The molecule has 9 heteroatoms. The summed E-state index contributed by atoms with van der Waals surface area (Å²) in [5.41, 5.74) is 2.13. The summed E-state index contributed by atoms with van der Waals surface area (Å²) in [6.45, 7) is 2.85. The first-order chi connectivity index (χ1) is 13.9. The van der Waals surface area contributed by atoms with Crippen molar-refractivity contribution in [2.45, 2.75) is 30.8 Å². The van der Waals surface area contributed by atoms with E-state index in [4.69, 9.17) is 4.74 Å². The lowest BCUT2D eigenvalue weighted by Crippen LogP contribution is -2.32. The molecule has 2 heterocycles. The summed E-state index contributed by atoms with van der Waals surface area (Å²) in [6.07, 6.45) is 1.68. The van der Waals surface area contributed by atoms with E-state index in [1.807, 2.05) is 25.1 Å². The van der Waals surface area contributed by atoms with Gasteiger partial charge in [-0.3, -0.25) is 10.1 Å². The number of ether oxygens (including phenoxy) is 1. The van der Waals surface area contributed by atoms with Crippen LogP contribution in [0.1, 0.15) is 28.8 Å². The summed E-state index contributed by atoms with van der Waals surface area (Å²) < 4.78 is 34.1. The molecule has 7 nitrogen and oxygen atoms in total. The third-order valence-corrected chi connectivity index (χ3v) is 7.13. The number of sulfonamides is 1. The second-order valence-electron chi connectivity index (χ2n) is 6.91. The Kier molecular flexibility index (Phi) is 5.64. The summed E-state index contributed by atoms with van der Waals surface area (Å²) >= 11 is 1.38. The van der Waals surface area contributed by atoms with Crippen molar-refractivity contribution in [3.63, 3.8) is 0 Å². The van der Waals surface area contributed by atoms with Gasteiger partial charge in [0.05, 0.1) is 21.2 Å². The van der Waals surface area contributed by atoms with Gasteiger partial charge in [-0.1, -0.05) is 29.5 Å². The number of nitrogens with zero attached hydrogens (tertiary/aromatic N) is 1. The van der Waals surface area contributed by atoms with Crippen LogP contribution >= 0.6 is 11.3 Å². The number of nitrogens with one attached hydrogen (secondary N) is 2. The largest absolute Gasteiger partial charge is 0.377 e. The summed E-state index contributed by atoms with van der Waals surface area (Å²) in [6, 6.07) is 11.8. The molecule has 1 saturated heterocycles. The fraction of sp³-hybridized carbons (Fsp3) is 0.300. The fourth-order valence-electron chi connectivity index (χ4n) is 3.20. The molecule has 1 aliphatic heterocycles. The highest BCUT2D eigenvalue weighted by Crippen LogP contribution is 2.28. The molecule has 1 amide bonds. The quantitative estimate of drug-likeness (QED) is 0.624. The first kappa shape index (κ1) is 20.0. The van der Waals surface area contributed by atoms with Crippen molar-refractivity contribution >= 4 is 42.6 Å². The summed E-state index contributed by atoms with van der Waals surface area (Å²) in [4.78, 5) is 17.2. The number of hydrogen-bond donors (Lipinski definition) is 2. The first-order valence-electron chi connectivity index (χ1n) is 9.31. The normalized spacial score (nSPS) is 16.9. The van der Waals surface area contributed by atoms with Gasteiger partial charge in [0, 0.05) is 18.7 Å². The number of amides is 1. The SMILES string of the molecule is Cc1cccc2sc(NC(=O)c3cccc(S(=O)(=O)NCC4CCCO4)c3)nc12. The number of aromatic nitrogens is 1. The number of carbonyl (C=O) groups excluding carboxylic acids is 1. The van der Waals surface area contributed by atoms with Gasteiger partial charge in [-0.15, -0.1) is 0 Å². The molecule has 1 atom stereocenters. The minimum absolute atomic E-state index is 0.0447. The van der Waals surface area contributed by atoms with Crippen molar-refractivity contribution in [1.82, 2.24) is 9.71 Å². The van der Waals surface area contributed by atoms with E-state index in [0.717, 1.165) is 28.6 Å². The Morgan fingerprint density at radius 2 is 2.10 bits per heavy atom. The average molecular weight is 432 g/mol. The van der Waals surface area contributed by atoms with Gasteiger partial charge in [0.1, 0.15) is 0 Å². The maximum Gasteiger partial charge on any atom is 0.257 e. The highest BCUT2D eigenvalue weighted by molar-refractivity contribution is 7.89. The molecule has 1 unspecified atom stereocenters. The monoisotopic (exact) mass is 431 g/mol. The lowest BCUT2D eigenvalue weighted by atomic mass is 10.2. The predicted molar refractivity (Wildman–Crippen MR) is 113 cm³/mol. The van der Waals surface area contributed by atoms with Gasteiger partial charge in [0.25, 0.3) is 5.91 Å². The first-order valence-corrected chi connectivity index (χ1v) is 11.6. The van der Waals surface area contributed by atoms with E-state index in [0.29, 0.717) is 11.7 Å². The maximum atomic E-state index is 12.6. The van der Waals surface area contributed by atoms with Crippen molar-refractivity contribution in [2.24, 2.45) is 0 Å². The van der Waals surface area contributed by atoms with E-state index in [1.54, 1.807) is 12.1 Å². The molecular weight excluding hydrogens is 410 g/mol. The van der Waals surface area contributed by atoms with E-state index in [1.165, 1.54) is 23.5 Å². The van der Waals surface area contributed by atoms with Crippen LogP contribution in [0.3, 0.4) is 0 Å². The van der Waals surface area contributed by atoms with E-state index in [2.05, 4.69) is 15.0 Å². The Morgan fingerprint density at radius 3 is 2.86 bits per heavy atom. The molecule has 1 aromatic heterocycles. The van der Waals surface area contributed by atoms with E-state index in [-0.39, 0.29) is 23.1 Å². The average Bonchev–Trinajstić information content (AvgIpc) is 3.37. The lowest BCUT2D eigenvalue weighted by molar-refractivity contribution is 0.102. The Bertz CT molecular complexity index is 1150. The maximum absolute atomic E-state index is 12.6. The van der Waals surface area contributed by atoms with Crippen LogP contribution < -0.4 is 10.0 Å². The minimum Gasteiger partial charge on any atom is -0.377 e. The van der Waals surface area contributed by atoms with Crippen LogP contribution in [0.2, 0.25) is 0 Å². The number of hydrogen-bond acceptors (Lipinski definition) is 6. The Labute approximate surface area is 173 Å². The van der Waals surface area contributed by atoms with Gasteiger partial charge in [0.15, 0.2) is 5.13 Å². The third-order valence-electron chi connectivity index (χ3n) is 4.77. The third kappa shape index (κ3) is 4.48. The summed E-state index contributed by atoms with van der Waals surface area (Å²) in [5.74, 6) is -0.405. The molecule has 0 spiro atoms. The zero-order valence-corrected chi connectivity index (χ0v) is 17.5. The van der Waals surface area contributed by atoms with Gasteiger partial charge in [-0.2, -0.15) is 0 Å². The molecule has 0 aliphatic carbocycles. The summed E-state index contributed by atoms with van der Waals surface area (Å²) in [5, 5.41) is 3.24. The van der Waals surface area contributed by atoms with Gasteiger partial charge in [-0.25, -0.2) is 18.1 Å². The number of anilines is 1. The van der Waals surface area contributed by atoms with E-state index < -0.39 is 15.9 Å². The molecule has 1 fully saturated rings. The van der Waals surface area contributed by atoms with Gasteiger partial charge < -0.3 is 4.74 Å². The molecule has 152 valence electrons. The van der Waals surface area contributed by atoms with Crippen LogP contribution in [0, 0.1) is 6.92 Å².